The van der Waals surface area contributed by atoms with E-state index in [1.807, 2.05) is 19.0 Å². The normalized spacial score (nSPS) is 10.6. The number of hydrogen-bond donors (Lipinski definition) is 1. The lowest BCUT2D eigenvalue weighted by Crippen LogP contribution is -2.19. The molecule has 0 spiro atoms. The molecule has 0 aliphatic heterocycles. The van der Waals surface area contributed by atoms with Crippen LogP contribution in [0.3, 0.4) is 0 Å². The molecule has 0 rings (SSSR count). The fourth-order valence-corrected chi connectivity index (χ4v) is 0.617. The van der Waals surface area contributed by atoms with Gasteiger partial charge in [0.15, 0.2) is 0 Å². The third kappa shape index (κ3) is 5.21. The first kappa shape index (κ1) is 9.75. The Morgan fingerprint density at radius 1 is 1.55 bits per heavy atom. The molecular formula is C8H14N2O. The van der Waals surface area contributed by atoms with Crippen LogP contribution in [-0.4, -0.2) is 24.9 Å². The third-order valence-corrected chi connectivity index (χ3v) is 0.938. The Morgan fingerprint density at radius 3 is 2.36 bits per heavy atom. The molecule has 0 aliphatic rings. The zero-order valence-corrected chi connectivity index (χ0v) is 7.22. The molecule has 0 aromatic rings. The average Bonchev–Trinajstić information content (AvgIpc) is 1.84. The number of nitrogens with one attached hydrogen (secondary N) is 1. The molecule has 0 aromatic heterocycles. The molecule has 0 atom stereocenters. The molecule has 0 saturated carbocycles. The number of nitrogens with zero attached hydrogens (tertiary/aromatic N) is 1. The smallest absolute Gasteiger partial charge is 0.221 e. The van der Waals surface area contributed by atoms with E-state index in [-0.39, 0.29) is 5.91 Å². The average molecular weight is 154 g/mol. The SMILES string of the molecule is C=C/C(=C\N(C)C)NC(C)=O. The van der Waals surface area contributed by atoms with Gasteiger partial charge in [-0.3, -0.25) is 4.79 Å². The van der Waals surface area contributed by atoms with Crippen molar-refractivity contribution < 1.29 is 4.79 Å². The molecule has 0 aromatic carbocycles. The van der Waals surface area contributed by atoms with Crippen molar-refractivity contribution in [2.24, 2.45) is 0 Å². The number of amides is 1. The van der Waals surface area contributed by atoms with Crippen LogP contribution in [0.5, 0.6) is 0 Å². The first-order valence-electron chi connectivity index (χ1n) is 3.34. The maximum Gasteiger partial charge on any atom is 0.221 e. The van der Waals surface area contributed by atoms with Gasteiger partial charge in [-0.1, -0.05) is 6.58 Å². The lowest BCUT2D eigenvalue weighted by molar-refractivity contribution is -0.118. The summed E-state index contributed by atoms with van der Waals surface area (Å²) in [6, 6.07) is 0. The molecule has 0 saturated heterocycles. The van der Waals surface area contributed by atoms with Crippen LogP contribution >= 0.6 is 0 Å². The summed E-state index contributed by atoms with van der Waals surface area (Å²) in [5.74, 6) is -0.0852. The third-order valence-electron chi connectivity index (χ3n) is 0.938. The number of hydrogen-bond acceptors (Lipinski definition) is 2. The van der Waals surface area contributed by atoms with Crippen molar-refractivity contribution in [3.8, 4) is 0 Å². The van der Waals surface area contributed by atoms with Crippen LogP contribution in [0.25, 0.3) is 0 Å². The summed E-state index contributed by atoms with van der Waals surface area (Å²) in [5, 5.41) is 2.62. The van der Waals surface area contributed by atoms with Gasteiger partial charge in [0.05, 0.1) is 5.70 Å². The molecule has 1 amide bonds. The van der Waals surface area contributed by atoms with Crippen LogP contribution in [0, 0.1) is 0 Å². The lowest BCUT2D eigenvalue weighted by atomic mass is 10.4. The highest BCUT2D eigenvalue weighted by molar-refractivity contribution is 5.75. The van der Waals surface area contributed by atoms with Gasteiger partial charge in [-0.15, -0.1) is 0 Å². The molecular weight excluding hydrogens is 140 g/mol. The minimum Gasteiger partial charge on any atom is -0.382 e. The first-order valence-corrected chi connectivity index (χ1v) is 3.34. The molecule has 0 unspecified atom stereocenters. The Balaban J connectivity index is 4.16. The monoisotopic (exact) mass is 154 g/mol. The predicted octanol–water partition coefficient (Wildman–Crippen LogP) is 0.712. The first-order chi connectivity index (χ1) is 5.06. The fourth-order valence-electron chi connectivity index (χ4n) is 0.617. The van der Waals surface area contributed by atoms with Crippen LogP contribution in [0.2, 0.25) is 0 Å². The Kier molecular flexibility index (Phi) is 4.03. The van der Waals surface area contributed by atoms with Crippen molar-refractivity contribution in [2.45, 2.75) is 6.92 Å². The van der Waals surface area contributed by atoms with Crippen molar-refractivity contribution in [1.29, 1.82) is 0 Å². The minimum absolute atomic E-state index is 0.0852. The molecule has 0 fully saturated rings. The van der Waals surface area contributed by atoms with E-state index in [2.05, 4.69) is 11.9 Å². The van der Waals surface area contributed by atoms with Crippen LogP contribution in [0.4, 0.5) is 0 Å². The second-order valence-electron chi connectivity index (χ2n) is 2.43. The summed E-state index contributed by atoms with van der Waals surface area (Å²) in [5.41, 5.74) is 0.711. The molecule has 0 heterocycles. The van der Waals surface area contributed by atoms with E-state index < -0.39 is 0 Å². The quantitative estimate of drug-likeness (QED) is 0.607. The van der Waals surface area contributed by atoms with Gasteiger partial charge in [0, 0.05) is 27.2 Å². The number of carbonyl (C=O) groups is 1. The van der Waals surface area contributed by atoms with E-state index in [9.17, 15) is 4.79 Å². The van der Waals surface area contributed by atoms with E-state index in [1.54, 1.807) is 12.3 Å². The molecule has 3 nitrogen and oxygen atoms in total. The van der Waals surface area contributed by atoms with E-state index in [1.165, 1.54) is 6.92 Å². The molecule has 11 heavy (non-hydrogen) atoms. The number of allylic oxidation sites excluding steroid dienone is 1. The Bertz CT molecular complexity index is 183. The summed E-state index contributed by atoms with van der Waals surface area (Å²) in [7, 11) is 3.76. The summed E-state index contributed by atoms with van der Waals surface area (Å²) in [6.45, 7) is 5.02. The zero-order chi connectivity index (χ0) is 8.85. The van der Waals surface area contributed by atoms with Gasteiger partial charge in [-0.05, 0) is 6.08 Å². The Morgan fingerprint density at radius 2 is 2.09 bits per heavy atom. The second-order valence-corrected chi connectivity index (χ2v) is 2.43. The second kappa shape index (κ2) is 4.55. The van der Waals surface area contributed by atoms with Crippen molar-refractivity contribution in [3.63, 3.8) is 0 Å². The van der Waals surface area contributed by atoms with Gasteiger partial charge in [0.1, 0.15) is 0 Å². The summed E-state index contributed by atoms with van der Waals surface area (Å²) < 4.78 is 0. The Hall–Kier alpha value is -1.25. The van der Waals surface area contributed by atoms with E-state index in [0.717, 1.165) is 0 Å². The van der Waals surface area contributed by atoms with Crippen LogP contribution in [-0.2, 0) is 4.79 Å². The van der Waals surface area contributed by atoms with Gasteiger partial charge in [-0.2, -0.15) is 0 Å². The highest BCUT2D eigenvalue weighted by Gasteiger charge is 1.93. The predicted molar refractivity (Wildman–Crippen MR) is 45.8 cm³/mol. The van der Waals surface area contributed by atoms with Gasteiger partial charge in [-0.25, -0.2) is 0 Å². The highest BCUT2D eigenvalue weighted by atomic mass is 16.1. The van der Waals surface area contributed by atoms with Crippen molar-refractivity contribution >= 4 is 5.91 Å². The maximum absolute atomic E-state index is 10.6. The standard InChI is InChI=1S/C8H14N2O/c1-5-8(6-10(3)4)9-7(2)11/h5-6H,1H2,2-4H3,(H,9,11)/b8-6+. The molecule has 3 heteroatoms. The highest BCUT2D eigenvalue weighted by Crippen LogP contribution is 1.90. The topological polar surface area (TPSA) is 32.3 Å². The number of rotatable bonds is 3. The lowest BCUT2D eigenvalue weighted by Gasteiger charge is -2.08. The van der Waals surface area contributed by atoms with E-state index in [4.69, 9.17) is 0 Å². The van der Waals surface area contributed by atoms with E-state index >= 15 is 0 Å². The Labute approximate surface area is 67.4 Å². The fraction of sp³-hybridized carbons (Fsp3) is 0.375. The van der Waals surface area contributed by atoms with Crippen molar-refractivity contribution in [3.05, 3.63) is 24.6 Å². The van der Waals surface area contributed by atoms with Gasteiger partial charge in [0.25, 0.3) is 0 Å². The van der Waals surface area contributed by atoms with Crippen LogP contribution in [0.1, 0.15) is 6.92 Å². The van der Waals surface area contributed by atoms with Crippen molar-refractivity contribution in [2.75, 3.05) is 14.1 Å². The van der Waals surface area contributed by atoms with Crippen molar-refractivity contribution in [1.82, 2.24) is 10.2 Å². The number of carbonyl (C=O) groups excluding carboxylic acids is 1. The van der Waals surface area contributed by atoms with Gasteiger partial charge < -0.3 is 10.2 Å². The zero-order valence-electron chi connectivity index (χ0n) is 7.22. The molecule has 0 radical (unpaired) electrons. The molecule has 1 N–H and O–H groups in total. The summed E-state index contributed by atoms with van der Waals surface area (Å²) in [4.78, 5) is 12.4. The van der Waals surface area contributed by atoms with Crippen LogP contribution in [0.15, 0.2) is 24.6 Å². The summed E-state index contributed by atoms with van der Waals surface area (Å²) in [6.07, 6.45) is 3.38. The van der Waals surface area contributed by atoms with E-state index in [0.29, 0.717) is 5.70 Å². The summed E-state index contributed by atoms with van der Waals surface area (Å²) >= 11 is 0. The van der Waals surface area contributed by atoms with Gasteiger partial charge >= 0.3 is 0 Å². The minimum atomic E-state index is -0.0852. The molecule has 0 bridgehead atoms. The molecule has 62 valence electrons. The maximum atomic E-state index is 10.6. The van der Waals surface area contributed by atoms with Gasteiger partial charge in [0.2, 0.25) is 5.91 Å². The largest absolute Gasteiger partial charge is 0.382 e. The molecule has 0 aliphatic carbocycles. The van der Waals surface area contributed by atoms with Crippen LogP contribution < -0.4 is 5.32 Å².